The molecule has 0 saturated carbocycles. The summed E-state index contributed by atoms with van der Waals surface area (Å²) in [6.07, 6.45) is 2.25. The summed E-state index contributed by atoms with van der Waals surface area (Å²) >= 11 is 0. The number of hydrogen-bond acceptors (Lipinski definition) is 3. The Labute approximate surface area is 113 Å². The normalized spacial score (nSPS) is 23.9. The van der Waals surface area contributed by atoms with Crippen molar-refractivity contribution in [3.63, 3.8) is 0 Å². The van der Waals surface area contributed by atoms with Crippen molar-refractivity contribution in [3.8, 4) is 0 Å². The first-order chi connectivity index (χ1) is 9.02. The van der Waals surface area contributed by atoms with Gasteiger partial charge in [0.15, 0.2) is 0 Å². The Balaban J connectivity index is 2.15. The van der Waals surface area contributed by atoms with Gasteiger partial charge in [-0.2, -0.15) is 0 Å². The van der Waals surface area contributed by atoms with Gasteiger partial charge in [0.25, 0.3) is 0 Å². The lowest BCUT2D eigenvalue weighted by atomic mass is 10.00. The molecule has 3 unspecified atom stereocenters. The lowest BCUT2D eigenvalue weighted by molar-refractivity contribution is -0.137. The Morgan fingerprint density at radius 2 is 2.16 bits per heavy atom. The van der Waals surface area contributed by atoms with Crippen LogP contribution in [0.1, 0.15) is 33.1 Å². The molecule has 1 heterocycles. The standard InChI is InChI=1S/C13H24N2O4/c1-3-11-10(4-5-19-11)8-15-13(18)14-7-9(2)6-12(16)17/h9-11H,3-8H2,1-2H3,(H,16,17)(H2,14,15,18). The van der Waals surface area contributed by atoms with Crippen LogP contribution in [-0.4, -0.2) is 42.9 Å². The molecule has 1 aliphatic heterocycles. The zero-order valence-electron chi connectivity index (χ0n) is 11.6. The minimum absolute atomic E-state index is 0.0641. The largest absolute Gasteiger partial charge is 0.481 e. The second-order valence-electron chi connectivity index (χ2n) is 5.16. The van der Waals surface area contributed by atoms with E-state index < -0.39 is 5.97 Å². The van der Waals surface area contributed by atoms with Crippen LogP contribution in [0.3, 0.4) is 0 Å². The SMILES string of the molecule is CCC1OCCC1CNC(=O)NCC(C)CC(=O)O. The fraction of sp³-hybridized carbons (Fsp3) is 0.846. The summed E-state index contributed by atoms with van der Waals surface area (Å²) in [4.78, 5) is 22.1. The fourth-order valence-electron chi connectivity index (χ4n) is 2.30. The number of urea groups is 1. The predicted octanol–water partition coefficient (Wildman–Crippen LogP) is 1.21. The number of nitrogens with one attached hydrogen (secondary N) is 2. The summed E-state index contributed by atoms with van der Waals surface area (Å²) in [6, 6.07) is -0.237. The monoisotopic (exact) mass is 272 g/mol. The molecule has 1 fully saturated rings. The summed E-state index contributed by atoms with van der Waals surface area (Å²) in [5, 5.41) is 14.1. The zero-order chi connectivity index (χ0) is 14.3. The summed E-state index contributed by atoms with van der Waals surface area (Å²) in [5.41, 5.74) is 0. The van der Waals surface area contributed by atoms with Crippen molar-refractivity contribution in [1.82, 2.24) is 10.6 Å². The van der Waals surface area contributed by atoms with Crippen molar-refractivity contribution in [2.75, 3.05) is 19.7 Å². The minimum atomic E-state index is -0.844. The van der Waals surface area contributed by atoms with E-state index in [2.05, 4.69) is 17.6 Å². The lowest BCUT2D eigenvalue weighted by Crippen LogP contribution is -2.41. The Hall–Kier alpha value is -1.30. The number of ether oxygens (including phenoxy) is 1. The number of hydrogen-bond donors (Lipinski definition) is 3. The number of rotatable bonds is 7. The van der Waals surface area contributed by atoms with Gasteiger partial charge in [-0.3, -0.25) is 4.79 Å². The van der Waals surface area contributed by atoms with Crippen molar-refractivity contribution in [1.29, 1.82) is 0 Å². The molecule has 0 bridgehead atoms. The minimum Gasteiger partial charge on any atom is -0.481 e. The summed E-state index contributed by atoms with van der Waals surface area (Å²) < 4.78 is 5.55. The number of carbonyl (C=O) groups excluding carboxylic acids is 1. The van der Waals surface area contributed by atoms with Crippen LogP contribution in [0, 0.1) is 11.8 Å². The van der Waals surface area contributed by atoms with Gasteiger partial charge < -0.3 is 20.5 Å². The van der Waals surface area contributed by atoms with Crippen molar-refractivity contribution < 1.29 is 19.4 Å². The van der Waals surface area contributed by atoms with Crippen LogP contribution in [0.4, 0.5) is 4.79 Å². The summed E-state index contributed by atoms with van der Waals surface area (Å²) in [5.74, 6) is -0.530. The average Bonchev–Trinajstić information content (AvgIpc) is 2.80. The highest BCUT2D eigenvalue weighted by Crippen LogP contribution is 2.22. The quantitative estimate of drug-likeness (QED) is 0.650. The van der Waals surface area contributed by atoms with Gasteiger partial charge in [0.2, 0.25) is 0 Å². The molecule has 19 heavy (non-hydrogen) atoms. The highest BCUT2D eigenvalue weighted by atomic mass is 16.5. The Kier molecular flexibility index (Phi) is 6.62. The number of carboxylic acid groups (broad SMARTS) is 1. The molecule has 0 spiro atoms. The van der Waals surface area contributed by atoms with Gasteiger partial charge in [-0.25, -0.2) is 4.79 Å². The molecule has 0 aromatic heterocycles. The molecule has 1 aliphatic rings. The molecule has 0 aromatic carbocycles. The second kappa shape index (κ2) is 7.99. The van der Waals surface area contributed by atoms with Crippen LogP contribution in [0.25, 0.3) is 0 Å². The van der Waals surface area contributed by atoms with E-state index in [9.17, 15) is 9.59 Å². The van der Waals surface area contributed by atoms with Gasteiger partial charge in [0, 0.05) is 32.0 Å². The van der Waals surface area contributed by atoms with Gasteiger partial charge in [-0.1, -0.05) is 13.8 Å². The topological polar surface area (TPSA) is 87.7 Å². The summed E-state index contributed by atoms with van der Waals surface area (Å²) in [6.45, 7) is 5.62. The molecule has 3 N–H and O–H groups in total. The fourth-order valence-corrected chi connectivity index (χ4v) is 2.30. The van der Waals surface area contributed by atoms with Crippen LogP contribution in [0.5, 0.6) is 0 Å². The van der Waals surface area contributed by atoms with E-state index in [0.717, 1.165) is 19.4 Å². The van der Waals surface area contributed by atoms with Crippen LogP contribution >= 0.6 is 0 Å². The third-order valence-electron chi connectivity index (χ3n) is 3.41. The first kappa shape index (κ1) is 15.8. The van der Waals surface area contributed by atoms with E-state index in [1.54, 1.807) is 6.92 Å². The Morgan fingerprint density at radius 3 is 2.79 bits per heavy atom. The van der Waals surface area contributed by atoms with E-state index >= 15 is 0 Å². The predicted molar refractivity (Wildman–Crippen MR) is 71.0 cm³/mol. The van der Waals surface area contributed by atoms with E-state index in [0.29, 0.717) is 19.0 Å². The smallest absolute Gasteiger partial charge is 0.314 e. The van der Waals surface area contributed by atoms with Gasteiger partial charge in [0.1, 0.15) is 0 Å². The van der Waals surface area contributed by atoms with E-state index in [1.807, 2.05) is 0 Å². The maximum atomic E-state index is 11.6. The molecule has 0 aromatic rings. The van der Waals surface area contributed by atoms with E-state index in [-0.39, 0.29) is 24.5 Å². The van der Waals surface area contributed by atoms with E-state index in [4.69, 9.17) is 9.84 Å². The van der Waals surface area contributed by atoms with Gasteiger partial charge in [-0.05, 0) is 18.8 Å². The van der Waals surface area contributed by atoms with Crippen LogP contribution in [-0.2, 0) is 9.53 Å². The molecule has 0 radical (unpaired) electrons. The number of carbonyl (C=O) groups is 2. The van der Waals surface area contributed by atoms with Crippen molar-refractivity contribution in [2.45, 2.75) is 39.2 Å². The van der Waals surface area contributed by atoms with Crippen LogP contribution < -0.4 is 10.6 Å². The van der Waals surface area contributed by atoms with Crippen molar-refractivity contribution in [2.24, 2.45) is 11.8 Å². The lowest BCUT2D eigenvalue weighted by Gasteiger charge is -2.18. The van der Waals surface area contributed by atoms with Gasteiger partial charge in [0.05, 0.1) is 6.10 Å². The third kappa shape index (κ3) is 5.92. The van der Waals surface area contributed by atoms with Crippen LogP contribution in [0.2, 0.25) is 0 Å². The maximum Gasteiger partial charge on any atom is 0.314 e. The second-order valence-corrected chi connectivity index (χ2v) is 5.16. The molecule has 6 heteroatoms. The van der Waals surface area contributed by atoms with Crippen LogP contribution in [0.15, 0.2) is 0 Å². The number of carboxylic acids is 1. The first-order valence-corrected chi connectivity index (χ1v) is 6.88. The maximum absolute atomic E-state index is 11.6. The molecule has 110 valence electrons. The zero-order valence-corrected chi connectivity index (χ0v) is 11.6. The average molecular weight is 272 g/mol. The third-order valence-corrected chi connectivity index (χ3v) is 3.41. The van der Waals surface area contributed by atoms with Gasteiger partial charge >= 0.3 is 12.0 Å². The van der Waals surface area contributed by atoms with E-state index in [1.165, 1.54) is 0 Å². The van der Waals surface area contributed by atoms with Crippen molar-refractivity contribution >= 4 is 12.0 Å². The van der Waals surface area contributed by atoms with Gasteiger partial charge in [-0.15, -0.1) is 0 Å². The molecule has 1 rings (SSSR count). The number of amides is 2. The molecule has 1 saturated heterocycles. The molecule has 3 atom stereocenters. The molecular weight excluding hydrogens is 248 g/mol. The number of aliphatic carboxylic acids is 1. The Bertz CT molecular complexity index is 309. The molecular formula is C13H24N2O4. The Morgan fingerprint density at radius 1 is 1.42 bits per heavy atom. The summed E-state index contributed by atoms with van der Waals surface area (Å²) in [7, 11) is 0. The molecule has 2 amide bonds. The first-order valence-electron chi connectivity index (χ1n) is 6.88. The molecule has 0 aliphatic carbocycles. The highest BCUT2D eigenvalue weighted by Gasteiger charge is 2.26. The van der Waals surface area contributed by atoms with Crippen molar-refractivity contribution in [3.05, 3.63) is 0 Å². The highest BCUT2D eigenvalue weighted by molar-refractivity contribution is 5.74. The molecule has 6 nitrogen and oxygen atoms in total.